The van der Waals surface area contributed by atoms with Gasteiger partial charge in [0.15, 0.2) is 5.13 Å². The summed E-state index contributed by atoms with van der Waals surface area (Å²) in [5.41, 5.74) is 1.13. The molecule has 0 unspecified atom stereocenters. The molecule has 4 aliphatic carbocycles. The van der Waals surface area contributed by atoms with Crippen LogP contribution in [0, 0.1) is 23.2 Å². The first kappa shape index (κ1) is 18.5. The lowest BCUT2D eigenvalue weighted by Gasteiger charge is -2.57. The van der Waals surface area contributed by atoms with Crippen molar-refractivity contribution >= 4 is 44.4 Å². The number of piperazine rings is 1. The van der Waals surface area contributed by atoms with Crippen molar-refractivity contribution in [3.05, 3.63) is 18.2 Å². The molecule has 0 radical (unpaired) electrons. The molecule has 0 spiro atoms. The zero-order valence-electron chi connectivity index (χ0n) is 17.1. The highest BCUT2D eigenvalue weighted by atomic mass is 32.2. The molecule has 4 nitrogen and oxygen atoms in total. The summed E-state index contributed by atoms with van der Waals surface area (Å²) in [6, 6.07) is 6.44. The van der Waals surface area contributed by atoms with E-state index in [1.165, 1.54) is 48.1 Å². The monoisotopic (exact) mass is 427 g/mol. The molecule has 154 valence electrons. The molecule has 1 aromatic heterocycles. The number of thioether (sulfide) groups is 1. The molecule has 1 saturated heterocycles. The highest BCUT2D eigenvalue weighted by Crippen LogP contribution is 2.60. The largest absolute Gasteiger partial charge is 0.345 e. The van der Waals surface area contributed by atoms with E-state index in [0.29, 0.717) is 5.91 Å². The molecule has 4 saturated carbocycles. The Labute approximate surface area is 181 Å². The lowest BCUT2D eigenvalue weighted by atomic mass is 9.49. The molecule has 4 bridgehead atoms. The minimum absolute atomic E-state index is 0.0000326. The van der Waals surface area contributed by atoms with E-state index in [1.54, 1.807) is 23.1 Å². The van der Waals surface area contributed by atoms with Crippen molar-refractivity contribution in [1.82, 2.24) is 9.88 Å². The van der Waals surface area contributed by atoms with Crippen molar-refractivity contribution in [1.29, 1.82) is 0 Å². The number of thiazole rings is 1. The third-order valence-corrected chi connectivity index (χ3v) is 9.77. The first-order valence-electron chi connectivity index (χ1n) is 11.1. The van der Waals surface area contributed by atoms with Crippen molar-refractivity contribution in [2.24, 2.45) is 23.2 Å². The van der Waals surface area contributed by atoms with Gasteiger partial charge < -0.3 is 9.80 Å². The first-order valence-corrected chi connectivity index (χ1v) is 13.2. The molecule has 2 aromatic rings. The van der Waals surface area contributed by atoms with Crippen LogP contribution >= 0.6 is 23.1 Å². The van der Waals surface area contributed by atoms with Gasteiger partial charge in [0.1, 0.15) is 0 Å². The van der Waals surface area contributed by atoms with Crippen LogP contribution in [0.4, 0.5) is 5.13 Å². The third-order valence-electron chi connectivity index (χ3n) is 7.92. The number of nitrogens with zero attached hydrogens (tertiary/aromatic N) is 3. The lowest BCUT2D eigenvalue weighted by molar-refractivity contribution is -0.158. The second kappa shape index (κ2) is 6.88. The SMILES string of the molecule is CSc1cccc2sc(N3CCN(C(=O)C45CC6CC(CC(C6)C4)C5)CC3)nc12. The van der Waals surface area contributed by atoms with Gasteiger partial charge in [0.25, 0.3) is 0 Å². The predicted molar refractivity (Wildman–Crippen MR) is 121 cm³/mol. The maximum Gasteiger partial charge on any atom is 0.228 e. The smallest absolute Gasteiger partial charge is 0.228 e. The minimum Gasteiger partial charge on any atom is -0.345 e. The summed E-state index contributed by atoms with van der Waals surface area (Å²) in [4.78, 5) is 24.4. The summed E-state index contributed by atoms with van der Waals surface area (Å²) in [6.07, 6.45) is 9.83. The van der Waals surface area contributed by atoms with Crippen molar-refractivity contribution in [3.63, 3.8) is 0 Å². The van der Waals surface area contributed by atoms with E-state index in [0.717, 1.165) is 54.6 Å². The molecule has 29 heavy (non-hydrogen) atoms. The number of carbonyl (C=O) groups excluding carboxylic acids is 1. The summed E-state index contributed by atoms with van der Waals surface area (Å²) in [5.74, 6) is 2.99. The number of para-hydroxylation sites is 1. The molecular formula is C23H29N3OS2. The van der Waals surface area contributed by atoms with Gasteiger partial charge >= 0.3 is 0 Å². The fourth-order valence-corrected chi connectivity index (χ4v) is 8.69. The van der Waals surface area contributed by atoms with Gasteiger partial charge in [-0.15, -0.1) is 11.8 Å². The van der Waals surface area contributed by atoms with Crippen LogP contribution in [0.5, 0.6) is 0 Å². The maximum absolute atomic E-state index is 13.6. The van der Waals surface area contributed by atoms with Gasteiger partial charge in [-0.1, -0.05) is 17.4 Å². The molecule has 5 fully saturated rings. The number of aromatic nitrogens is 1. The molecule has 1 aliphatic heterocycles. The maximum atomic E-state index is 13.6. The number of rotatable bonds is 3. The zero-order chi connectivity index (χ0) is 19.6. The van der Waals surface area contributed by atoms with Gasteiger partial charge in [0, 0.05) is 31.1 Å². The number of benzene rings is 1. The summed E-state index contributed by atoms with van der Waals surface area (Å²) in [6.45, 7) is 3.52. The number of amides is 1. The van der Waals surface area contributed by atoms with Gasteiger partial charge in [-0.25, -0.2) is 4.98 Å². The average Bonchev–Trinajstić information content (AvgIpc) is 3.17. The van der Waals surface area contributed by atoms with Crippen LogP contribution in [-0.2, 0) is 4.79 Å². The molecule has 6 heteroatoms. The molecule has 2 heterocycles. The molecule has 0 atom stereocenters. The zero-order valence-corrected chi connectivity index (χ0v) is 18.7. The quantitative estimate of drug-likeness (QED) is 0.654. The molecule has 7 rings (SSSR count). The Morgan fingerprint density at radius 1 is 1.07 bits per heavy atom. The molecule has 0 N–H and O–H groups in total. The molecular weight excluding hydrogens is 398 g/mol. The van der Waals surface area contributed by atoms with Crippen LogP contribution < -0.4 is 4.90 Å². The van der Waals surface area contributed by atoms with Crippen molar-refractivity contribution in [2.45, 2.75) is 43.4 Å². The number of hydrogen-bond donors (Lipinski definition) is 0. The van der Waals surface area contributed by atoms with E-state index in [-0.39, 0.29) is 5.41 Å². The predicted octanol–water partition coefficient (Wildman–Crippen LogP) is 4.88. The lowest BCUT2D eigenvalue weighted by Crippen LogP contribution is -2.58. The highest BCUT2D eigenvalue weighted by Gasteiger charge is 2.55. The van der Waals surface area contributed by atoms with Crippen LogP contribution in [-0.4, -0.2) is 48.2 Å². The molecule has 1 aromatic carbocycles. The Balaban J connectivity index is 1.17. The summed E-state index contributed by atoms with van der Waals surface area (Å²) >= 11 is 3.55. The van der Waals surface area contributed by atoms with E-state index in [1.807, 2.05) is 0 Å². The number of anilines is 1. The minimum atomic E-state index is 0.0000326. The fraction of sp³-hybridized carbons (Fsp3) is 0.652. The van der Waals surface area contributed by atoms with Crippen LogP contribution in [0.3, 0.4) is 0 Å². The van der Waals surface area contributed by atoms with Crippen LogP contribution in [0.25, 0.3) is 10.2 Å². The van der Waals surface area contributed by atoms with E-state index in [2.05, 4.69) is 34.3 Å². The third kappa shape index (κ3) is 3.01. The number of hydrogen-bond acceptors (Lipinski definition) is 5. The van der Waals surface area contributed by atoms with Gasteiger partial charge in [0.05, 0.1) is 15.6 Å². The van der Waals surface area contributed by atoms with E-state index < -0.39 is 0 Å². The topological polar surface area (TPSA) is 36.4 Å². The Kier molecular flexibility index (Phi) is 4.39. The highest BCUT2D eigenvalue weighted by molar-refractivity contribution is 7.98. The average molecular weight is 428 g/mol. The summed E-state index contributed by atoms with van der Waals surface area (Å²) < 4.78 is 1.26. The van der Waals surface area contributed by atoms with Crippen LogP contribution in [0.15, 0.2) is 23.1 Å². The van der Waals surface area contributed by atoms with Gasteiger partial charge in [-0.2, -0.15) is 0 Å². The summed E-state index contributed by atoms with van der Waals surface area (Å²) in [5, 5.41) is 1.11. The Hall–Kier alpha value is -1.27. The molecule has 5 aliphatic rings. The second-order valence-corrected chi connectivity index (χ2v) is 11.6. The Morgan fingerprint density at radius 3 is 2.34 bits per heavy atom. The van der Waals surface area contributed by atoms with Crippen molar-refractivity contribution in [2.75, 3.05) is 37.3 Å². The molecule has 1 amide bonds. The fourth-order valence-electron chi connectivity index (χ4n) is 7.02. The van der Waals surface area contributed by atoms with Crippen LogP contribution in [0.1, 0.15) is 38.5 Å². The normalized spacial score (nSPS) is 33.6. The van der Waals surface area contributed by atoms with Gasteiger partial charge in [-0.05, 0) is 74.7 Å². The van der Waals surface area contributed by atoms with E-state index in [4.69, 9.17) is 4.98 Å². The summed E-state index contributed by atoms with van der Waals surface area (Å²) in [7, 11) is 0. The number of carbonyl (C=O) groups is 1. The van der Waals surface area contributed by atoms with Gasteiger partial charge in [0.2, 0.25) is 5.91 Å². The Bertz CT molecular complexity index is 911. The van der Waals surface area contributed by atoms with Gasteiger partial charge in [-0.3, -0.25) is 4.79 Å². The number of fused-ring (bicyclic) bond motifs is 1. The standard InChI is InChI=1S/C23H29N3OS2/c1-28-18-3-2-4-19-20(18)24-22(29-19)26-7-5-25(6-8-26)21(27)23-12-15-9-16(13-23)11-17(10-15)14-23/h2-4,15-17H,5-14H2,1H3. The van der Waals surface area contributed by atoms with Crippen molar-refractivity contribution in [3.8, 4) is 0 Å². The Morgan fingerprint density at radius 2 is 1.72 bits per heavy atom. The van der Waals surface area contributed by atoms with E-state index >= 15 is 0 Å². The second-order valence-electron chi connectivity index (χ2n) is 9.78. The van der Waals surface area contributed by atoms with Crippen LogP contribution in [0.2, 0.25) is 0 Å². The van der Waals surface area contributed by atoms with E-state index in [9.17, 15) is 4.79 Å². The first-order chi connectivity index (χ1) is 14.1. The van der Waals surface area contributed by atoms with Crippen molar-refractivity contribution < 1.29 is 4.79 Å².